The molecule has 0 saturated heterocycles. The Morgan fingerprint density at radius 1 is 0.889 bits per heavy atom. The summed E-state index contributed by atoms with van der Waals surface area (Å²) in [7, 11) is 0. The van der Waals surface area contributed by atoms with Crippen LogP contribution in [0.1, 0.15) is 5.56 Å². The molecule has 4 nitrogen and oxygen atoms in total. The molecule has 0 aliphatic heterocycles. The molecule has 0 spiro atoms. The molecule has 4 heteroatoms. The van der Waals surface area contributed by atoms with Gasteiger partial charge in [0.1, 0.15) is 0 Å². The maximum atomic E-state index is 11.5. The summed E-state index contributed by atoms with van der Waals surface area (Å²) in [6.07, 6.45) is 0. The highest BCUT2D eigenvalue weighted by molar-refractivity contribution is 5.75. The van der Waals surface area contributed by atoms with E-state index in [-0.39, 0.29) is 6.03 Å². The summed E-state index contributed by atoms with van der Waals surface area (Å²) in [5, 5.41) is 2.76. The van der Waals surface area contributed by atoms with Crippen LogP contribution in [-0.4, -0.2) is 6.03 Å². The molecule has 0 saturated carbocycles. The van der Waals surface area contributed by atoms with Crippen LogP contribution in [-0.2, 0) is 6.54 Å². The highest BCUT2D eigenvalue weighted by Crippen LogP contribution is 2.02. The van der Waals surface area contributed by atoms with Crippen molar-refractivity contribution in [2.24, 2.45) is 0 Å². The fourth-order valence-corrected chi connectivity index (χ4v) is 1.47. The van der Waals surface area contributed by atoms with Crippen molar-refractivity contribution in [2.45, 2.75) is 6.54 Å². The number of carbonyl (C=O) groups excluding carboxylic acids is 1. The van der Waals surface area contributed by atoms with Crippen LogP contribution in [0.2, 0.25) is 0 Å². The fourth-order valence-electron chi connectivity index (χ4n) is 1.47. The van der Waals surface area contributed by atoms with Crippen molar-refractivity contribution >= 4 is 11.7 Å². The lowest BCUT2D eigenvalue weighted by molar-refractivity contribution is 0.242. The van der Waals surface area contributed by atoms with Gasteiger partial charge in [-0.15, -0.1) is 0 Å². The molecule has 18 heavy (non-hydrogen) atoms. The van der Waals surface area contributed by atoms with E-state index in [1.54, 1.807) is 0 Å². The summed E-state index contributed by atoms with van der Waals surface area (Å²) >= 11 is 0. The molecule has 0 aromatic heterocycles. The van der Waals surface area contributed by atoms with Crippen LogP contribution in [0, 0.1) is 0 Å². The van der Waals surface area contributed by atoms with Gasteiger partial charge in [0.05, 0.1) is 5.69 Å². The Hall–Kier alpha value is -2.49. The maximum absolute atomic E-state index is 11.5. The second-order valence-corrected chi connectivity index (χ2v) is 3.78. The Morgan fingerprint density at radius 3 is 2.17 bits per heavy atom. The van der Waals surface area contributed by atoms with E-state index < -0.39 is 0 Å². The Morgan fingerprint density at radius 2 is 1.50 bits per heavy atom. The Kier molecular flexibility index (Phi) is 4.19. The molecule has 0 atom stereocenters. The predicted octanol–water partition coefficient (Wildman–Crippen LogP) is 2.51. The predicted molar refractivity (Wildman–Crippen MR) is 71.9 cm³/mol. The topological polar surface area (TPSA) is 53.2 Å². The van der Waals surface area contributed by atoms with Gasteiger partial charge in [0.2, 0.25) is 0 Å². The number of benzene rings is 2. The van der Waals surface area contributed by atoms with Crippen LogP contribution in [0.15, 0.2) is 60.7 Å². The second kappa shape index (κ2) is 6.30. The molecule has 92 valence electrons. The van der Waals surface area contributed by atoms with Gasteiger partial charge in [-0.3, -0.25) is 10.9 Å². The van der Waals surface area contributed by atoms with Gasteiger partial charge in [0.15, 0.2) is 0 Å². The minimum Gasteiger partial charge on any atom is -0.333 e. The molecule has 0 bridgehead atoms. The highest BCUT2D eigenvalue weighted by atomic mass is 16.2. The third-order valence-corrected chi connectivity index (χ3v) is 2.39. The monoisotopic (exact) mass is 241 g/mol. The van der Waals surface area contributed by atoms with Crippen molar-refractivity contribution in [3.05, 3.63) is 66.2 Å². The zero-order valence-electron chi connectivity index (χ0n) is 9.89. The maximum Gasteiger partial charge on any atom is 0.333 e. The molecular weight excluding hydrogens is 226 g/mol. The summed E-state index contributed by atoms with van der Waals surface area (Å²) in [6, 6.07) is 18.9. The van der Waals surface area contributed by atoms with Gasteiger partial charge in [-0.05, 0) is 17.7 Å². The third-order valence-electron chi connectivity index (χ3n) is 2.39. The minimum absolute atomic E-state index is 0.261. The molecule has 0 fully saturated rings. The molecule has 2 amide bonds. The van der Waals surface area contributed by atoms with E-state index in [4.69, 9.17) is 0 Å². The molecule has 2 aromatic carbocycles. The number of hydrazine groups is 1. The van der Waals surface area contributed by atoms with Gasteiger partial charge in [0, 0.05) is 6.54 Å². The normalized spacial score (nSPS) is 9.56. The number of para-hydroxylation sites is 1. The summed E-state index contributed by atoms with van der Waals surface area (Å²) in [5.74, 6) is 0. The van der Waals surface area contributed by atoms with Crippen molar-refractivity contribution in [2.75, 3.05) is 5.43 Å². The van der Waals surface area contributed by atoms with E-state index in [1.165, 1.54) is 0 Å². The van der Waals surface area contributed by atoms with E-state index in [1.807, 2.05) is 60.7 Å². The van der Waals surface area contributed by atoms with E-state index in [0.29, 0.717) is 6.54 Å². The van der Waals surface area contributed by atoms with Gasteiger partial charge in [0.25, 0.3) is 0 Å². The van der Waals surface area contributed by atoms with E-state index in [9.17, 15) is 4.79 Å². The average Bonchev–Trinajstić information content (AvgIpc) is 2.45. The Labute approximate surface area is 106 Å². The first-order valence-electron chi connectivity index (χ1n) is 5.73. The van der Waals surface area contributed by atoms with Crippen LogP contribution in [0.5, 0.6) is 0 Å². The standard InChI is InChI=1S/C14H15N3O/c18-14(15-11-12-7-3-1-4-8-12)17-16-13-9-5-2-6-10-13/h1-10,16H,11H2,(H2,15,17,18). The Bertz CT molecular complexity index is 439. The quantitative estimate of drug-likeness (QED) is 0.720. The van der Waals surface area contributed by atoms with Crippen molar-refractivity contribution < 1.29 is 4.79 Å². The average molecular weight is 241 g/mol. The van der Waals surface area contributed by atoms with Crippen molar-refractivity contribution in [3.63, 3.8) is 0 Å². The number of nitrogens with one attached hydrogen (secondary N) is 3. The van der Waals surface area contributed by atoms with E-state index in [0.717, 1.165) is 11.3 Å². The first kappa shape index (κ1) is 12.0. The summed E-state index contributed by atoms with van der Waals surface area (Å²) in [5.41, 5.74) is 7.29. The van der Waals surface area contributed by atoms with Crippen LogP contribution in [0.3, 0.4) is 0 Å². The van der Waals surface area contributed by atoms with Crippen LogP contribution >= 0.6 is 0 Å². The Balaban J connectivity index is 1.73. The minimum atomic E-state index is -0.261. The molecule has 3 N–H and O–H groups in total. The summed E-state index contributed by atoms with van der Waals surface area (Å²) < 4.78 is 0. The number of hydrogen-bond donors (Lipinski definition) is 3. The lowest BCUT2D eigenvalue weighted by Gasteiger charge is -2.09. The molecule has 0 aliphatic rings. The molecule has 0 radical (unpaired) electrons. The number of anilines is 1. The van der Waals surface area contributed by atoms with Crippen molar-refractivity contribution in [1.82, 2.24) is 10.7 Å². The second-order valence-electron chi connectivity index (χ2n) is 3.78. The van der Waals surface area contributed by atoms with Crippen molar-refractivity contribution in [3.8, 4) is 0 Å². The zero-order valence-corrected chi connectivity index (χ0v) is 9.89. The van der Waals surface area contributed by atoms with Gasteiger partial charge >= 0.3 is 6.03 Å². The van der Waals surface area contributed by atoms with Crippen LogP contribution in [0.25, 0.3) is 0 Å². The summed E-state index contributed by atoms with van der Waals surface area (Å²) in [4.78, 5) is 11.5. The molecular formula is C14H15N3O. The largest absolute Gasteiger partial charge is 0.333 e. The number of hydrogen-bond acceptors (Lipinski definition) is 2. The van der Waals surface area contributed by atoms with Gasteiger partial charge in [-0.2, -0.15) is 0 Å². The van der Waals surface area contributed by atoms with Crippen LogP contribution < -0.4 is 16.2 Å². The van der Waals surface area contributed by atoms with Gasteiger partial charge < -0.3 is 5.32 Å². The van der Waals surface area contributed by atoms with E-state index in [2.05, 4.69) is 16.2 Å². The number of amides is 2. The van der Waals surface area contributed by atoms with Gasteiger partial charge in [-0.25, -0.2) is 4.79 Å². The smallest absolute Gasteiger partial charge is 0.333 e. The fraction of sp³-hybridized carbons (Fsp3) is 0.0714. The lowest BCUT2D eigenvalue weighted by atomic mass is 10.2. The number of rotatable bonds is 4. The summed E-state index contributed by atoms with van der Waals surface area (Å²) in [6.45, 7) is 0.503. The number of urea groups is 1. The highest BCUT2D eigenvalue weighted by Gasteiger charge is 1.98. The molecule has 2 rings (SSSR count). The first-order chi connectivity index (χ1) is 8.84. The van der Waals surface area contributed by atoms with Crippen molar-refractivity contribution in [1.29, 1.82) is 0 Å². The SMILES string of the molecule is O=C(NCc1ccccc1)NNc1ccccc1. The third kappa shape index (κ3) is 3.83. The van der Waals surface area contributed by atoms with Gasteiger partial charge in [-0.1, -0.05) is 48.5 Å². The molecule has 0 heterocycles. The van der Waals surface area contributed by atoms with Crippen LogP contribution in [0.4, 0.5) is 10.5 Å². The van der Waals surface area contributed by atoms with E-state index >= 15 is 0 Å². The first-order valence-corrected chi connectivity index (χ1v) is 5.73. The lowest BCUT2D eigenvalue weighted by Crippen LogP contribution is -2.38. The molecule has 0 aliphatic carbocycles. The zero-order chi connectivity index (χ0) is 12.6. The molecule has 0 unspecified atom stereocenters. The number of carbonyl (C=O) groups is 1. The molecule has 2 aromatic rings.